The molecule has 0 amide bonds. The summed E-state index contributed by atoms with van der Waals surface area (Å²) in [5, 5.41) is 0. The maximum Gasteiger partial charge on any atom is 0.303 e. The van der Waals surface area contributed by atoms with E-state index < -0.39 is 0 Å². The Morgan fingerprint density at radius 3 is 2.48 bits per heavy atom. The van der Waals surface area contributed by atoms with Crippen LogP contribution in [0.4, 0.5) is 0 Å². The maximum atomic E-state index is 12.2. The number of hydrogen-bond donors (Lipinski definition) is 0. The Bertz CT molecular complexity index is 1140. The minimum absolute atomic E-state index is 0.0479. The summed E-state index contributed by atoms with van der Waals surface area (Å²) >= 11 is 0. The quantitative estimate of drug-likeness (QED) is 0.442. The zero-order valence-corrected chi connectivity index (χ0v) is 19.8. The molecule has 33 heavy (non-hydrogen) atoms. The van der Waals surface area contributed by atoms with Crippen molar-refractivity contribution in [2.24, 2.45) is 23.2 Å². The van der Waals surface area contributed by atoms with Crippen LogP contribution in [0.5, 0.6) is 0 Å². The fourth-order valence-electron chi connectivity index (χ4n) is 8.26. The van der Waals surface area contributed by atoms with E-state index in [1.54, 1.807) is 13.8 Å². The number of benzene rings is 1. The van der Waals surface area contributed by atoms with Crippen LogP contribution in [-0.2, 0) is 14.3 Å². The molecule has 5 aliphatic rings. The van der Waals surface area contributed by atoms with Gasteiger partial charge in [0.25, 0.3) is 0 Å². The Morgan fingerprint density at radius 1 is 1.03 bits per heavy atom. The van der Waals surface area contributed by atoms with Crippen molar-refractivity contribution in [3.63, 3.8) is 0 Å². The van der Waals surface area contributed by atoms with Crippen LogP contribution >= 0.6 is 0 Å². The molecule has 0 radical (unpaired) electrons. The van der Waals surface area contributed by atoms with Crippen LogP contribution in [0.3, 0.4) is 0 Å². The Labute approximate surface area is 195 Å². The number of carbonyl (C=O) groups is 3. The number of Topliss-reactive ketones (excluding diaryl/α,β-unsaturated/α-hetero) is 1. The van der Waals surface area contributed by atoms with E-state index in [9.17, 15) is 14.4 Å². The van der Waals surface area contributed by atoms with Gasteiger partial charge >= 0.3 is 5.97 Å². The number of carbonyl (C=O) groups excluding carboxylic acids is 3. The zero-order chi connectivity index (χ0) is 23.1. The number of fused-ring (bicyclic) bond motifs is 6. The molecular weight excluding hydrogens is 412 g/mol. The summed E-state index contributed by atoms with van der Waals surface area (Å²) in [4.78, 5) is 36.2. The lowest BCUT2D eigenvalue weighted by Gasteiger charge is -2.54. The molecule has 3 saturated carbocycles. The largest absolute Gasteiger partial charge is 0.458 e. The lowest BCUT2D eigenvalue weighted by molar-refractivity contribution is -0.161. The van der Waals surface area contributed by atoms with Gasteiger partial charge < -0.3 is 4.74 Å². The molecule has 4 nitrogen and oxygen atoms in total. The van der Waals surface area contributed by atoms with Gasteiger partial charge in [0.1, 0.15) is 5.60 Å². The first-order valence-corrected chi connectivity index (χ1v) is 12.5. The summed E-state index contributed by atoms with van der Waals surface area (Å²) in [5.41, 5.74) is 5.84. The Balaban J connectivity index is 1.49. The van der Waals surface area contributed by atoms with Gasteiger partial charge in [0, 0.05) is 36.2 Å². The van der Waals surface area contributed by atoms with Gasteiger partial charge in [0.2, 0.25) is 0 Å². The van der Waals surface area contributed by atoms with Crippen molar-refractivity contribution in [2.45, 2.75) is 77.2 Å². The molecule has 3 fully saturated rings. The predicted octanol–water partition coefficient (Wildman–Crippen LogP) is 5.72. The van der Waals surface area contributed by atoms with Crippen molar-refractivity contribution in [3.8, 4) is 0 Å². The molecule has 0 aliphatic heterocycles. The van der Waals surface area contributed by atoms with Gasteiger partial charge in [-0.1, -0.05) is 36.8 Å². The van der Waals surface area contributed by atoms with Crippen LogP contribution in [0.2, 0.25) is 0 Å². The third-order valence-corrected chi connectivity index (χ3v) is 9.72. The van der Waals surface area contributed by atoms with Gasteiger partial charge in [-0.2, -0.15) is 0 Å². The van der Waals surface area contributed by atoms with E-state index in [1.807, 2.05) is 18.2 Å². The SMILES string of the molecule is CC(=O)OC12C[C@@H]1C[C@H]1[C@@H]3CCC4=CC(=O)CCC4=C3[C@@H](c3ccc(C(C)=O)cc3)C[C@@]12C. The van der Waals surface area contributed by atoms with Gasteiger partial charge in [-0.25, -0.2) is 0 Å². The third-order valence-electron chi connectivity index (χ3n) is 9.72. The zero-order valence-electron chi connectivity index (χ0n) is 19.8. The molecule has 4 heteroatoms. The molecule has 172 valence electrons. The molecule has 1 unspecified atom stereocenters. The van der Waals surface area contributed by atoms with Gasteiger partial charge in [-0.3, -0.25) is 14.4 Å². The Morgan fingerprint density at radius 2 is 1.79 bits per heavy atom. The highest BCUT2D eigenvalue weighted by Crippen LogP contribution is 2.77. The van der Waals surface area contributed by atoms with Crippen molar-refractivity contribution >= 4 is 17.5 Å². The predicted molar refractivity (Wildman–Crippen MR) is 125 cm³/mol. The number of rotatable bonds is 3. The molecule has 0 spiro atoms. The van der Waals surface area contributed by atoms with E-state index in [-0.39, 0.29) is 34.5 Å². The monoisotopic (exact) mass is 444 g/mol. The van der Waals surface area contributed by atoms with Crippen LogP contribution in [-0.4, -0.2) is 23.1 Å². The molecule has 5 aliphatic carbocycles. The van der Waals surface area contributed by atoms with Crippen molar-refractivity contribution in [3.05, 3.63) is 58.2 Å². The van der Waals surface area contributed by atoms with Gasteiger partial charge in [0.15, 0.2) is 11.6 Å². The van der Waals surface area contributed by atoms with Crippen molar-refractivity contribution < 1.29 is 19.1 Å². The highest BCUT2D eigenvalue weighted by Gasteiger charge is 2.77. The number of allylic oxidation sites excluding steroid dienone is 4. The molecule has 1 aromatic carbocycles. The average molecular weight is 445 g/mol. The maximum absolute atomic E-state index is 12.2. The van der Waals surface area contributed by atoms with E-state index >= 15 is 0 Å². The van der Waals surface area contributed by atoms with Crippen LogP contribution in [0, 0.1) is 23.2 Å². The average Bonchev–Trinajstić information content (AvgIpc) is 3.42. The molecule has 0 bridgehead atoms. The van der Waals surface area contributed by atoms with E-state index in [0.29, 0.717) is 24.2 Å². The number of ketones is 2. The normalized spacial score (nSPS) is 38.5. The first-order valence-electron chi connectivity index (χ1n) is 12.5. The van der Waals surface area contributed by atoms with Gasteiger partial charge in [-0.15, -0.1) is 0 Å². The summed E-state index contributed by atoms with van der Waals surface area (Å²) < 4.78 is 6.12. The minimum atomic E-state index is -0.310. The summed E-state index contributed by atoms with van der Waals surface area (Å²) in [5.74, 6) is 1.88. The summed E-state index contributed by atoms with van der Waals surface area (Å²) in [6.07, 6.45) is 8.49. The van der Waals surface area contributed by atoms with E-state index in [2.05, 4.69) is 19.1 Å². The molecule has 6 atom stereocenters. The topological polar surface area (TPSA) is 60.4 Å². The summed E-state index contributed by atoms with van der Waals surface area (Å²) in [6, 6.07) is 8.15. The first kappa shape index (κ1) is 21.1. The number of ether oxygens (including phenoxy) is 1. The molecule has 0 N–H and O–H groups in total. The van der Waals surface area contributed by atoms with Crippen LogP contribution in [0.25, 0.3) is 0 Å². The van der Waals surface area contributed by atoms with Crippen molar-refractivity contribution in [2.75, 3.05) is 0 Å². The van der Waals surface area contributed by atoms with Crippen molar-refractivity contribution in [1.82, 2.24) is 0 Å². The van der Waals surface area contributed by atoms with Crippen LogP contribution < -0.4 is 0 Å². The number of hydrogen-bond acceptors (Lipinski definition) is 4. The lowest BCUT2D eigenvalue weighted by atomic mass is 9.51. The second-order valence-corrected chi connectivity index (χ2v) is 11.3. The lowest BCUT2D eigenvalue weighted by Crippen LogP contribution is -2.49. The fraction of sp³-hybridized carbons (Fsp3) is 0.552. The smallest absolute Gasteiger partial charge is 0.303 e. The minimum Gasteiger partial charge on any atom is -0.458 e. The van der Waals surface area contributed by atoms with Crippen molar-refractivity contribution in [1.29, 1.82) is 0 Å². The highest BCUT2D eigenvalue weighted by molar-refractivity contribution is 5.94. The third kappa shape index (κ3) is 2.92. The standard InChI is InChI=1S/C29H32O4/c1-16(30)18-4-6-19(7-5-18)25-15-28(3)26(13-21-14-29(21,28)33-17(2)31)24-10-8-20-12-22(32)9-11-23(20)27(24)25/h4-7,12,21,24-26H,8-11,13-15H2,1-3H3/t21-,24-,25+,26-,28-,29?/m0/s1. The van der Waals surface area contributed by atoms with Gasteiger partial charge in [-0.05, 0) is 80.1 Å². The van der Waals surface area contributed by atoms with Crippen LogP contribution in [0.15, 0.2) is 47.1 Å². The Hall–Kier alpha value is -2.49. The first-order chi connectivity index (χ1) is 15.7. The second-order valence-electron chi connectivity index (χ2n) is 11.3. The molecule has 1 aromatic rings. The molecule has 0 saturated heterocycles. The second kappa shape index (κ2) is 7.01. The van der Waals surface area contributed by atoms with E-state index in [4.69, 9.17) is 4.74 Å². The fourth-order valence-corrected chi connectivity index (χ4v) is 8.26. The Kier molecular flexibility index (Phi) is 4.47. The summed E-state index contributed by atoms with van der Waals surface area (Å²) in [6.45, 7) is 5.53. The molecule has 0 aromatic heterocycles. The molecular formula is C29H32O4. The highest BCUT2D eigenvalue weighted by atomic mass is 16.6. The van der Waals surface area contributed by atoms with Crippen LogP contribution in [0.1, 0.15) is 87.6 Å². The molecule has 6 rings (SSSR count). The van der Waals surface area contributed by atoms with Gasteiger partial charge in [0.05, 0.1) is 0 Å². The van der Waals surface area contributed by atoms with E-state index in [0.717, 1.165) is 44.1 Å². The molecule has 0 heterocycles. The number of esters is 1. The van der Waals surface area contributed by atoms with E-state index in [1.165, 1.54) is 22.3 Å². The summed E-state index contributed by atoms with van der Waals surface area (Å²) in [7, 11) is 0.